The molecule has 5 heteroatoms. The number of nitrogens with one attached hydrogen (secondary N) is 1. The lowest BCUT2D eigenvalue weighted by molar-refractivity contribution is 0.280. The molecule has 0 atom stereocenters. The van der Waals surface area contributed by atoms with Crippen LogP contribution in [0.2, 0.25) is 0 Å². The number of H-pyrrole nitrogens is 1. The monoisotopic (exact) mass is 184 g/mol. The Hall–Kier alpha value is -1.36. The van der Waals surface area contributed by atoms with Crippen LogP contribution in [0.1, 0.15) is 12.8 Å². The second-order valence-corrected chi connectivity index (χ2v) is 2.70. The summed E-state index contributed by atoms with van der Waals surface area (Å²) < 4.78 is 1.12. The quantitative estimate of drug-likeness (QED) is 0.608. The summed E-state index contributed by atoms with van der Waals surface area (Å²) in [7, 11) is 0. The summed E-state index contributed by atoms with van der Waals surface area (Å²) in [6, 6.07) is 1.31. The Labute approximate surface area is 74.7 Å². The topological polar surface area (TPSA) is 75.1 Å². The van der Waals surface area contributed by atoms with Gasteiger partial charge in [0.25, 0.3) is 5.56 Å². The molecule has 0 amide bonds. The highest BCUT2D eigenvalue weighted by molar-refractivity contribution is 4.82. The first-order chi connectivity index (χ1) is 6.25. The molecule has 0 fully saturated rings. The Morgan fingerprint density at radius 1 is 1.38 bits per heavy atom. The van der Waals surface area contributed by atoms with Gasteiger partial charge in [0.2, 0.25) is 0 Å². The van der Waals surface area contributed by atoms with E-state index in [-0.39, 0.29) is 12.2 Å². The fourth-order valence-corrected chi connectivity index (χ4v) is 1.05. The predicted octanol–water partition coefficient (Wildman–Crippen LogP) is -0.691. The molecule has 0 spiro atoms. The van der Waals surface area contributed by atoms with Crippen LogP contribution in [-0.4, -0.2) is 21.3 Å². The standard InChI is InChI=1S/C8H12N2O3/c11-6-2-1-5-10-7(12)3-4-9-8(10)13/h3-4,11H,1-2,5-6H2,(H,9,13). The van der Waals surface area contributed by atoms with Crippen LogP contribution >= 0.6 is 0 Å². The lowest BCUT2D eigenvalue weighted by atomic mass is 10.3. The molecule has 2 N–H and O–H groups in total. The minimum absolute atomic E-state index is 0.0828. The number of aromatic amines is 1. The van der Waals surface area contributed by atoms with Gasteiger partial charge < -0.3 is 10.1 Å². The zero-order chi connectivity index (χ0) is 9.68. The smallest absolute Gasteiger partial charge is 0.328 e. The lowest BCUT2D eigenvalue weighted by Gasteiger charge is -2.01. The van der Waals surface area contributed by atoms with E-state index >= 15 is 0 Å². The number of rotatable bonds is 4. The summed E-state index contributed by atoms with van der Waals surface area (Å²) in [4.78, 5) is 24.6. The van der Waals surface area contributed by atoms with Gasteiger partial charge in [0.1, 0.15) is 0 Å². The van der Waals surface area contributed by atoms with E-state index in [2.05, 4.69) is 4.98 Å². The first-order valence-electron chi connectivity index (χ1n) is 4.15. The van der Waals surface area contributed by atoms with Crippen LogP contribution < -0.4 is 11.2 Å². The van der Waals surface area contributed by atoms with Crippen molar-refractivity contribution >= 4 is 0 Å². The van der Waals surface area contributed by atoms with E-state index in [1.165, 1.54) is 12.3 Å². The highest BCUT2D eigenvalue weighted by atomic mass is 16.3. The number of aliphatic hydroxyl groups is 1. The van der Waals surface area contributed by atoms with Crippen LogP contribution in [0.5, 0.6) is 0 Å². The molecule has 0 bridgehead atoms. The summed E-state index contributed by atoms with van der Waals surface area (Å²) in [5.41, 5.74) is -0.702. The average molecular weight is 184 g/mol. The van der Waals surface area contributed by atoms with Crippen LogP contribution in [0.25, 0.3) is 0 Å². The van der Waals surface area contributed by atoms with Crippen molar-refractivity contribution < 1.29 is 5.11 Å². The van der Waals surface area contributed by atoms with Gasteiger partial charge in [-0.3, -0.25) is 9.36 Å². The second-order valence-electron chi connectivity index (χ2n) is 2.70. The molecule has 0 aliphatic heterocycles. The first kappa shape index (κ1) is 9.73. The number of nitrogens with zero attached hydrogens (tertiary/aromatic N) is 1. The van der Waals surface area contributed by atoms with Crippen LogP contribution in [0.3, 0.4) is 0 Å². The van der Waals surface area contributed by atoms with Gasteiger partial charge in [0.05, 0.1) is 0 Å². The van der Waals surface area contributed by atoms with Crippen molar-refractivity contribution in [3.05, 3.63) is 33.1 Å². The molecule has 72 valence electrons. The van der Waals surface area contributed by atoms with Crippen molar-refractivity contribution in [2.24, 2.45) is 0 Å². The molecular formula is C8H12N2O3. The SMILES string of the molecule is O=c1cc[nH]c(=O)n1CCCCO. The van der Waals surface area contributed by atoms with Gasteiger partial charge >= 0.3 is 5.69 Å². The number of unbranched alkanes of at least 4 members (excludes halogenated alkanes) is 1. The minimum atomic E-state index is -0.398. The molecule has 1 heterocycles. The number of aromatic nitrogens is 2. The predicted molar refractivity (Wildman–Crippen MR) is 47.6 cm³/mol. The van der Waals surface area contributed by atoms with Crippen molar-refractivity contribution in [3.8, 4) is 0 Å². The third-order valence-corrected chi connectivity index (χ3v) is 1.73. The molecule has 0 aromatic carbocycles. The third kappa shape index (κ3) is 2.55. The summed E-state index contributed by atoms with van der Waals surface area (Å²) in [6.45, 7) is 0.440. The Bertz CT molecular complexity index is 338. The van der Waals surface area contributed by atoms with Crippen molar-refractivity contribution in [3.63, 3.8) is 0 Å². The summed E-state index contributed by atoms with van der Waals surface area (Å²) in [5, 5.41) is 8.51. The normalized spacial score (nSPS) is 10.2. The van der Waals surface area contributed by atoms with E-state index in [9.17, 15) is 9.59 Å². The first-order valence-corrected chi connectivity index (χ1v) is 4.15. The van der Waals surface area contributed by atoms with Crippen LogP contribution in [0.15, 0.2) is 21.9 Å². The molecule has 0 unspecified atom stereocenters. The highest BCUT2D eigenvalue weighted by Crippen LogP contribution is 1.87. The average Bonchev–Trinajstić information content (AvgIpc) is 2.10. The van der Waals surface area contributed by atoms with Gasteiger partial charge in [-0.25, -0.2) is 4.79 Å². The fourth-order valence-electron chi connectivity index (χ4n) is 1.05. The molecule has 5 nitrogen and oxygen atoms in total. The summed E-state index contributed by atoms with van der Waals surface area (Å²) >= 11 is 0. The van der Waals surface area contributed by atoms with Crippen LogP contribution in [0, 0.1) is 0 Å². The highest BCUT2D eigenvalue weighted by Gasteiger charge is 1.98. The Morgan fingerprint density at radius 3 is 2.77 bits per heavy atom. The van der Waals surface area contributed by atoms with Crippen molar-refractivity contribution in [1.82, 2.24) is 9.55 Å². The van der Waals surface area contributed by atoms with E-state index in [0.717, 1.165) is 4.57 Å². The van der Waals surface area contributed by atoms with E-state index in [1.54, 1.807) is 0 Å². The molecule has 1 aromatic heterocycles. The van der Waals surface area contributed by atoms with Gasteiger partial charge in [0, 0.05) is 25.4 Å². The van der Waals surface area contributed by atoms with E-state index in [0.29, 0.717) is 19.4 Å². The van der Waals surface area contributed by atoms with Crippen molar-refractivity contribution in [1.29, 1.82) is 0 Å². The lowest BCUT2D eigenvalue weighted by Crippen LogP contribution is -2.33. The minimum Gasteiger partial charge on any atom is -0.396 e. The van der Waals surface area contributed by atoms with E-state index in [4.69, 9.17) is 5.11 Å². The molecule has 1 aromatic rings. The number of hydrogen-bond acceptors (Lipinski definition) is 3. The molecular weight excluding hydrogens is 172 g/mol. The Kier molecular flexibility index (Phi) is 3.45. The molecule has 13 heavy (non-hydrogen) atoms. The zero-order valence-corrected chi connectivity index (χ0v) is 7.19. The maximum atomic E-state index is 11.1. The molecule has 0 saturated heterocycles. The van der Waals surface area contributed by atoms with Crippen molar-refractivity contribution in [2.75, 3.05) is 6.61 Å². The maximum absolute atomic E-state index is 11.1. The maximum Gasteiger partial charge on any atom is 0.328 e. The molecule has 0 aliphatic carbocycles. The van der Waals surface area contributed by atoms with E-state index in [1.807, 2.05) is 0 Å². The number of aliphatic hydroxyl groups excluding tert-OH is 1. The van der Waals surface area contributed by atoms with Gasteiger partial charge in [-0.15, -0.1) is 0 Å². The van der Waals surface area contributed by atoms with Crippen LogP contribution in [-0.2, 0) is 6.54 Å². The summed E-state index contributed by atoms with van der Waals surface area (Å²) in [6.07, 6.45) is 2.55. The van der Waals surface area contributed by atoms with E-state index < -0.39 is 5.69 Å². The largest absolute Gasteiger partial charge is 0.396 e. The molecule has 0 aliphatic rings. The number of hydrogen-bond donors (Lipinski definition) is 2. The van der Waals surface area contributed by atoms with Gasteiger partial charge in [0.15, 0.2) is 0 Å². The zero-order valence-electron chi connectivity index (χ0n) is 7.19. The van der Waals surface area contributed by atoms with Gasteiger partial charge in [-0.1, -0.05) is 0 Å². The molecule has 0 radical (unpaired) electrons. The van der Waals surface area contributed by atoms with Gasteiger partial charge in [-0.05, 0) is 12.8 Å². The Morgan fingerprint density at radius 2 is 2.15 bits per heavy atom. The van der Waals surface area contributed by atoms with Crippen LogP contribution in [0.4, 0.5) is 0 Å². The third-order valence-electron chi connectivity index (χ3n) is 1.73. The fraction of sp³-hybridized carbons (Fsp3) is 0.500. The Balaban J connectivity index is 2.76. The van der Waals surface area contributed by atoms with Gasteiger partial charge in [-0.2, -0.15) is 0 Å². The second kappa shape index (κ2) is 4.61. The summed E-state index contributed by atoms with van der Waals surface area (Å²) in [5.74, 6) is 0. The van der Waals surface area contributed by atoms with Crippen molar-refractivity contribution in [2.45, 2.75) is 19.4 Å². The molecule has 0 saturated carbocycles. The molecule has 1 rings (SSSR count).